The van der Waals surface area contributed by atoms with Crippen molar-refractivity contribution in [3.63, 3.8) is 0 Å². The highest BCUT2D eigenvalue weighted by molar-refractivity contribution is 7.22. The van der Waals surface area contributed by atoms with E-state index in [2.05, 4.69) is 9.97 Å². The summed E-state index contributed by atoms with van der Waals surface area (Å²) >= 11 is 1.55. The molecule has 0 aliphatic heterocycles. The second-order valence-corrected chi connectivity index (χ2v) is 8.38. The summed E-state index contributed by atoms with van der Waals surface area (Å²) in [7, 11) is 3.46. The second kappa shape index (κ2) is 7.65. The number of carbonyl (C=O) groups is 1. The first-order chi connectivity index (χ1) is 15.5. The number of nitrogens with zero attached hydrogens (tertiary/aromatic N) is 3. The molecule has 0 atom stereocenters. The lowest BCUT2D eigenvalue weighted by Crippen LogP contribution is -1.99. The number of ether oxygens (including phenoxy) is 2. The molecule has 0 aliphatic rings. The van der Waals surface area contributed by atoms with Crippen LogP contribution in [0.5, 0.6) is 17.2 Å². The Balaban J connectivity index is 1.54. The van der Waals surface area contributed by atoms with Crippen LogP contribution in [0.4, 0.5) is 0 Å². The van der Waals surface area contributed by atoms with Gasteiger partial charge in [-0.15, -0.1) is 11.3 Å². The molecule has 0 unspecified atom stereocenters. The number of aromatic carboxylic acids is 1. The Morgan fingerprint density at radius 1 is 1.09 bits per heavy atom. The monoisotopic (exact) mass is 445 g/mol. The lowest BCUT2D eigenvalue weighted by atomic mass is 10.1. The lowest BCUT2D eigenvalue weighted by molar-refractivity contribution is 0.0698. The molecule has 0 spiro atoms. The molecule has 1 aromatic carbocycles. The largest absolute Gasteiger partial charge is 0.495 e. The summed E-state index contributed by atoms with van der Waals surface area (Å²) in [5.74, 6) is 1.08. The SMILES string of the molecule is COc1ccc(-c2cc3nccc(Oc4ccc5c(C(=O)O)c(C)n(C)c5c4)c3s2)nc1. The topological polar surface area (TPSA) is 86.5 Å². The molecular weight excluding hydrogens is 426 g/mol. The fraction of sp³-hybridized carbons (Fsp3) is 0.125. The first-order valence-electron chi connectivity index (χ1n) is 9.85. The van der Waals surface area contributed by atoms with E-state index in [1.807, 2.05) is 41.9 Å². The van der Waals surface area contributed by atoms with Crippen molar-refractivity contribution in [1.82, 2.24) is 14.5 Å². The van der Waals surface area contributed by atoms with Crippen LogP contribution >= 0.6 is 11.3 Å². The van der Waals surface area contributed by atoms with Crippen LogP contribution in [0.15, 0.2) is 54.9 Å². The standard InChI is InChI=1S/C24H19N3O4S/c1-13-22(24(28)29)16-6-4-14(10-19(16)27(13)2)31-20-8-9-25-18-11-21(32-23(18)20)17-7-5-15(30-3)12-26-17/h4-12H,1-3H3,(H,28,29). The predicted molar refractivity (Wildman–Crippen MR) is 124 cm³/mol. The van der Waals surface area contributed by atoms with Gasteiger partial charge >= 0.3 is 5.97 Å². The number of aromatic nitrogens is 3. The Morgan fingerprint density at radius 2 is 1.91 bits per heavy atom. The zero-order valence-electron chi connectivity index (χ0n) is 17.6. The summed E-state index contributed by atoms with van der Waals surface area (Å²) in [6.45, 7) is 1.80. The van der Waals surface area contributed by atoms with E-state index in [1.165, 1.54) is 0 Å². The Hall–Kier alpha value is -3.91. The molecule has 0 fully saturated rings. The van der Waals surface area contributed by atoms with Gasteiger partial charge in [-0.3, -0.25) is 9.97 Å². The van der Waals surface area contributed by atoms with Gasteiger partial charge in [0.05, 0.1) is 45.2 Å². The molecular formula is C24H19N3O4S. The van der Waals surface area contributed by atoms with Crippen LogP contribution in [-0.4, -0.2) is 32.7 Å². The molecule has 0 radical (unpaired) electrons. The van der Waals surface area contributed by atoms with Crippen molar-refractivity contribution in [2.24, 2.45) is 7.05 Å². The van der Waals surface area contributed by atoms with Crippen molar-refractivity contribution in [2.75, 3.05) is 7.11 Å². The minimum atomic E-state index is -0.934. The van der Waals surface area contributed by atoms with Gasteiger partial charge < -0.3 is 19.1 Å². The van der Waals surface area contributed by atoms with Crippen LogP contribution in [0.3, 0.4) is 0 Å². The third-order valence-corrected chi connectivity index (χ3v) is 6.67. The Morgan fingerprint density at radius 3 is 2.62 bits per heavy atom. The van der Waals surface area contributed by atoms with Crippen LogP contribution in [0, 0.1) is 6.92 Å². The average Bonchev–Trinajstić information content (AvgIpc) is 3.34. The highest BCUT2D eigenvalue weighted by Gasteiger charge is 2.19. The number of rotatable bonds is 5. The van der Waals surface area contributed by atoms with Gasteiger partial charge in [0.2, 0.25) is 0 Å². The lowest BCUT2D eigenvalue weighted by Gasteiger charge is -2.07. The number of methoxy groups -OCH3 is 1. The zero-order valence-corrected chi connectivity index (χ0v) is 18.4. The minimum absolute atomic E-state index is 0.315. The molecule has 5 aromatic rings. The van der Waals surface area contributed by atoms with Gasteiger partial charge in [0.1, 0.15) is 17.2 Å². The van der Waals surface area contributed by atoms with Crippen molar-refractivity contribution < 1.29 is 19.4 Å². The Kier molecular flexibility index (Phi) is 4.79. The summed E-state index contributed by atoms with van der Waals surface area (Å²) in [4.78, 5) is 21.6. The number of pyridine rings is 2. The van der Waals surface area contributed by atoms with E-state index in [9.17, 15) is 9.90 Å². The van der Waals surface area contributed by atoms with Gasteiger partial charge in [0.25, 0.3) is 0 Å². The number of carboxylic acid groups (broad SMARTS) is 1. The minimum Gasteiger partial charge on any atom is -0.495 e. The Bertz CT molecular complexity index is 1490. The number of aryl methyl sites for hydroxylation is 1. The van der Waals surface area contributed by atoms with E-state index < -0.39 is 5.97 Å². The van der Waals surface area contributed by atoms with Gasteiger partial charge in [-0.1, -0.05) is 0 Å². The highest BCUT2D eigenvalue weighted by atomic mass is 32.1. The summed E-state index contributed by atoms with van der Waals surface area (Å²) in [6, 6.07) is 13.1. The molecule has 0 aliphatic carbocycles. The molecule has 32 heavy (non-hydrogen) atoms. The normalized spacial score (nSPS) is 11.2. The third-order valence-electron chi connectivity index (χ3n) is 5.51. The first-order valence-corrected chi connectivity index (χ1v) is 10.7. The number of hydrogen-bond donors (Lipinski definition) is 1. The van der Waals surface area contributed by atoms with E-state index in [0.717, 1.165) is 26.3 Å². The quantitative estimate of drug-likeness (QED) is 0.376. The van der Waals surface area contributed by atoms with Crippen molar-refractivity contribution >= 4 is 38.4 Å². The maximum absolute atomic E-state index is 11.7. The van der Waals surface area contributed by atoms with E-state index in [1.54, 1.807) is 49.9 Å². The van der Waals surface area contributed by atoms with E-state index in [-0.39, 0.29) is 0 Å². The van der Waals surface area contributed by atoms with Gasteiger partial charge in [-0.05, 0) is 37.3 Å². The van der Waals surface area contributed by atoms with Crippen LogP contribution in [0.1, 0.15) is 16.1 Å². The second-order valence-electron chi connectivity index (χ2n) is 7.32. The van der Waals surface area contributed by atoms with Gasteiger partial charge in [-0.2, -0.15) is 0 Å². The Labute approximate surface area is 187 Å². The van der Waals surface area contributed by atoms with Gasteiger partial charge in [0, 0.05) is 36.5 Å². The van der Waals surface area contributed by atoms with Crippen molar-refractivity contribution in [2.45, 2.75) is 6.92 Å². The number of benzene rings is 1. The van der Waals surface area contributed by atoms with Crippen LogP contribution in [0.2, 0.25) is 0 Å². The fourth-order valence-electron chi connectivity index (χ4n) is 3.77. The van der Waals surface area contributed by atoms with Crippen molar-refractivity contribution in [1.29, 1.82) is 0 Å². The van der Waals surface area contributed by atoms with Crippen molar-refractivity contribution in [3.8, 4) is 27.8 Å². The summed E-state index contributed by atoms with van der Waals surface area (Å²) in [5.41, 5.74) is 3.48. The first kappa shape index (κ1) is 20.0. The number of carboxylic acids is 1. The third kappa shape index (κ3) is 3.25. The summed E-state index contributed by atoms with van der Waals surface area (Å²) in [5, 5.41) is 10.3. The molecule has 160 valence electrons. The molecule has 0 saturated heterocycles. The molecule has 4 heterocycles. The summed E-state index contributed by atoms with van der Waals surface area (Å²) < 4.78 is 14.2. The maximum Gasteiger partial charge on any atom is 0.338 e. The molecule has 5 rings (SSSR count). The molecule has 4 aromatic heterocycles. The predicted octanol–water partition coefficient (Wildman–Crippen LogP) is 5.66. The van der Waals surface area contributed by atoms with E-state index in [4.69, 9.17) is 9.47 Å². The van der Waals surface area contributed by atoms with E-state index >= 15 is 0 Å². The van der Waals surface area contributed by atoms with E-state index in [0.29, 0.717) is 33.9 Å². The average molecular weight is 446 g/mol. The molecule has 7 nitrogen and oxygen atoms in total. The zero-order chi connectivity index (χ0) is 22.4. The maximum atomic E-state index is 11.7. The van der Waals surface area contributed by atoms with Gasteiger partial charge in [-0.25, -0.2) is 4.79 Å². The molecule has 0 saturated carbocycles. The molecule has 0 amide bonds. The van der Waals surface area contributed by atoms with Crippen LogP contribution < -0.4 is 9.47 Å². The van der Waals surface area contributed by atoms with Crippen LogP contribution in [-0.2, 0) is 7.05 Å². The molecule has 8 heteroatoms. The fourth-order valence-corrected chi connectivity index (χ4v) is 4.81. The number of fused-ring (bicyclic) bond motifs is 2. The number of hydrogen-bond acceptors (Lipinski definition) is 6. The van der Waals surface area contributed by atoms with Gasteiger partial charge in [0.15, 0.2) is 0 Å². The summed E-state index contributed by atoms with van der Waals surface area (Å²) in [6.07, 6.45) is 3.40. The molecule has 0 bridgehead atoms. The number of thiophene rings is 1. The molecule has 1 N–H and O–H groups in total. The van der Waals surface area contributed by atoms with Crippen LogP contribution in [0.25, 0.3) is 31.7 Å². The van der Waals surface area contributed by atoms with Crippen molar-refractivity contribution in [3.05, 3.63) is 66.1 Å². The smallest absolute Gasteiger partial charge is 0.338 e. The highest BCUT2D eigenvalue weighted by Crippen LogP contribution is 2.39.